The fourth-order valence-corrected chi connectivity index (χ4v) is 4.58. The summed E-state index contributed by atoms with van der Waals surface area (Å²) in [5.41, 5.74) is 2.19. The number of aliphatic hydroxyl groups excluding tert-OH is 1. The molecule has 0 bridgehead atoms. The summed E-state index contributed by atoms with van der Waals surface area (Å²) >= 11 is 3.49. The molecule has 1 fully saturated rings. The van der Waals surface area contributed by atoms with E-state index in [0.29, 0.717) is 25.1 Å². The van der Waals surface area contributed by atoms with Gasteiger partial charge in [0.1, 0.15) is 11.5 Å². The Kier molecular flexibility index (Phi) is 8.91. The number of benzene rings is 2. The molecule has 0 radical (unpaired) electrons. The second-order valence-corrected chi connectivity index (χ2v) is 9.80. The molecule has 6 nitrogen and oxygen atoms in total. The van der Waals surface area contributed by atoms with Crippen LogP contribution in [-0.2, 0) is 9.59 Å². The molecule has 34 heavy (non-hydrogen) atoms. The second kappa shape index (κ2) is 11.7. The number of likely N-dealkylation sites (tertiary alicyclic amines) is 1. The molecule has 1 amide bonds. The Morgan fingerprint density at radius 1 is 1.15 bits per heavy atom. The lowest BCUT2D eigenvalue weighted by molar-refractivity contribution is -0.139. The molecule has 0 aromatic heterocycles. The Morgan fingerprint density at radius 2 is 1.91 bits per heavy atom. The van der Waals surface area contributed by atoms with E-state index < -0.39 is 17.7 Å². The van der Waals surface area contributed by atoms with Crippen LogP contribution in [0.25, 0.3) is 5.76 Å². The average molecular weight is 529 g/mol. The molecule has 1 atom stereocenters. The number of carbonyl (C=O) groups is 2. The molecule has 1 aliphatic heterocycles. The number of aryl methyl sites for hydroxylation is 1. The lowest BCUT2D eigenvalue weighted by Gasteiger charge is -2.26. The van der Waals surface area contributed by atoms with Crippen LogP contribution in [0.15, 0.2) is 52.5 Å². The van der Waals surface area contributed by atoms with E-state index in [-0.39, 0.29) is 11.3 Å². The van der Waals surface area contributed by atoms with Gasteiger partial charge in [0.15, 0.2) is 0 Å². The van der Waals surface area contributed by atoms with E-state index in [1.165, 1.54) is 0 Å². The highest BCUT2D eigenvalue weighted by Crippen LogP contribution is 2.40. The monoisotopic (exact) mass is 528 g/mol. The highest BCUT2D eigenvalue weighted by molar-refractivity contribution is 9.10. The molecule has 1 saturated heterocycles. The zero-order chi connectivity index (χ0) is 24.8. The van der Waals surface area contributed by atoms with Crippen molar-refractivity contribution in [2.45, 2.75) is 39.2 Å². The highest BCUT2D eigenvalue weighted by atomic mass is 79.9. The van der Waals surface area contributed by atoms with E-state index in [2.05, 4.69) is 22.9 Å². The fraction of sp³-hybridized carbons (Fsp3) is 0.407. The third kappa shape index (κ3) is 5.88. The Balaban J connectivity index is 2.04. The largest absolute Gasteiger partial charge is 0.507 e. The van der Waals surface area contributed by atoms with Gasteiger partial charge in [-0.3, -0.25) is 9.59 Å². The van der Waals surface area contributed by atoms with Crippen molar-refractivity contribution in [2.75, 3.05) is 33.8 Å². The number of carbonyl (C=O) groups excluding carboxylic acids is 2. The van der Waals surface area contributed by atoms with Crippen molar-refractivity contribution >= 4 is 33.4 Å². The van der Waals surface area contributed by atoms with Crippen molar-refractivity contribution in [1.82, 2.24) is 9.80 Å². The van der Waals surface area contributed by atoms with Gasteiger partial charge >= 0.3 is 0 Å². The van der Waals surface area contributed by atoms with E-state index in [9.17, 15) is 14.7 Å². The molecule has 0 unspecified atom stereocenters. The predicted molar refractivity (Wildman–Crippen MR) is 138 cm³/mol. The predicted octanol–water partition coefficient (Wildman–Crippen LogP) is 5.31. The third-order valence-electron chi connectivity index (χ3n) is 5.93. The first-order valence-corrected chi connectivity index (χ1v) is 12.5. The van der Waals surface area contributed by atoms with Crippen LogP contribution < -0.4 is 4.74 Å². The molecule has 1 heterocycles. The lowest BCUT2D eigenvalue weighted by atomic mass is 9.94. The van der Waals surface area contributed by atoms with Crippen LogP contribution in [0.5, 0.6) is 5.75 Å². The van der Waals surface area contributed by atoms with Gasteiger partial charge in [0, 0.05) is 16.6 Å². The van der Waals surface area contributed by atoms with E-state index in [4.69, 9.17) is 4.74 Å². The van der Waals surface area contributed by atoms with E-state index in [1.54, 1.807) is 17.0 Å². The third-order valence-corrected chi connectivity index (χ3v) is 6.42. The SMILES string of the molecule is CCCCOc1ccc(/C(O)=C2\C(=O)C(=O)N(CCCN(C)C)[C@H]2c2cccc(Br)c2)c(C)c1. The van der Waals surface area contributed by atoms with Gasteiger partial charge in [0.05, 0.1) is 18.2 Å². The number of unbranched alkanes of at least 4 members (excludes halogenated alkanes) is 1. The second-order valence-electron chi connectivity index (χ2n) is 8.88. The molecule has 182 valence electrons. The first kappa shape index (κ1) is 26.0. The van der Waals surface area contributed by atoms with Crippen LogP contribution in [0.1, 0.15) is 48.9 Å². The summed E-state index contributed by atoms with van der Waals surface area (Å²) in [5.74, 6) is -0.677. The highest BCUT2D eigenvalue weighted by Gasteiger charge is 2.46. The molecule has 0 spiro atoms. The first-order valence-electron chi connectivity index (χ1n) is 11.7. The summed E-state index contributed by atoms with van der Waals surface area (Å²) in [6.07, 6.45) is 2.72. The minimum absolute atomic E-state index is 0.121. The number of halogens is 1. The molecule has 3 rings (SSSR count). The van der Waals surface area contributed by atoms with Gasteiger partial charge in [-0.2, -0.15) is 0 Å². The minimum Gasteiger partial charge on any atom is -0.507 e. The molecule has 1 aliphatic rings. The van der Waals surface area contributed by atoms with Gasteiger partial charge in [-0.15, -0.1) is 0 Å². The number of ether oxygens (including phenoxy) is 1. The topological polar surface area (TPSA) is 70.1 Å². The molecule has 0 saturated carbocycles. The summed E-state index contributed by atoms with van der Waals surface area (Å²) in [7, 11) is 3.94. The maximum Gasteiger partial charge on any atom is 0.295 e. The normalized spacial score (nSPS) is 17.6. The maximum absolute atomic E-state index is 13.2. The maximum atomic E-state index is 13.2. The van der Waals surface area contributed by atoms with Gasteiger partial charge in [-0.1, -0.05) is 41.4 Å². The Labute approximate surface area is 210 Å². The van der Waals surface area contributed by atoms with Crippen LogP contribution in [0.4, 0.5) is 0 Å². The van der Waals surface area contributed by atoms with Crippen LogP contribution in [0, 0.1) is 6.92 Å². The van der Waals surface area contributed by atoms with Crippen LogP contribution >= 0.6 is 15.9 Å². The van der Waals surface area contributed by atoms with Gasteiger partial charge in [-0.25, -0.2) is 0 Å². The average Bonchev–Trinajstić information content (AvgIpc) is 3.04. The molecule has 7 heteroatoms. The van der Waals surface area contributed by atoms with Crippen molar-refractivity contribution in [3.63, 3.8) is 0 Å². The molecule has 2 aromatic carbocycles. The van der Waals surface area contributed by atoms with Gasteiger partial charge < -0.3 is 19.6 Å². The Morgan fingerprint density at radius 3 is 2.56 bits per heavy atom. The first-order chi connectivity index (χ1) is 16.2. The molecule has 0 aliphatic carbocycles. The standard InChI is InChI=1S/C27H33BrN2O4/c1-5-6-15-34-21-11-12-22(18(2)16-21)25(31)23-24(19-9-7-10-20(28)17-19)30(27(33)26(23)32)14-8-13-29(3)4/h7,9-12,16-17,24,31H,5-6,8,13-15H2,1-4H3/b25-23+/t24-/m0/s1. The number of amides is 1. The Hall–Kier alpha value is -2.64. The van der Waals surface area contributed by atoms with Crippen LogP contribution in [0.2, 0.25) is 0 Å². The molecular weight excluding hydrogens is 496 g/mol. The minimum atomic E-state index is -0.657. The van der Waals surface area contributed by atoms with Crippen molar-refractivity contribution in [3.8, 4) is 5.75 Å². The summed E-state index contributed by atoms with van der Waals surface area (Å²) < 4.78 is 6.62. The van der Waals surface area contributed by atoms with Crippen molar-refractivity contribution in [1.29, 1.82) is 0 Å². The van der Waals surface area contributed by atoms with Crippen molar-refractivity contribution < 1.29 is 19.4 Å². The van der Waals surface area contributed by atoms with Gasteiger partial charge in [-0.05, 0) is 81.9 Å². The summed E-state index contributed by atoms with van der Waals surface area (Å²) in [6.45, 7) is 5.80. The van der Waals surface area contributed by atoms with Gasteiger partial charge in [0.2, 0.25) is 0 Å². The summed E-state index contributed by atoms with van der Waals surface area (Å²) in [6, 6.07) is 12.3. The van der Waals surface area contributed by atoms with Crippen LogP contribution in [0.3, 0.4) is 0 Å². The number of hydrogen-bond acceptors (Lipinski definition) is 5. The molecule has 2 aromatic rings. The smallest absolute Gasteiger partial charge is 0.295 e. The molecular formula is C27H33BrN2O4. The van der Waals surface area contributed by atoms with E-state index >= 15 is 0 Å². The zero-order valence-electron chi connectivity index (χ0n) is 20.3. The van der Waals surface area contributed by atoms with Crippen LogP contribution in [-0.4, -0.2) is 60.4 Å². The van der Waals surface area contributed by atoms with Gasteiger partial charge in [0.25, 0.3) is 11.7 Å². The summed E-state index contributed by atoms with van der Waals surface area (Å²) in [5, 5.41) is 11.3. The number of Topliss-reactive ketones (excluding diaryl/α,β-unsaturated/α-hetero) is 1. The van der Waals surface area contributed by atoms with E-state index in [0.717, 1.165) is 40.7 Å². The number of aliphatic hydroxyl groups is 1. The lowest BCUT2D eigenvalue weighted by Crippen LogP contribution is -2.32. The zero-order valence-corrected chi connectivity index (χ0v) is 21.9. The molecule has 1 N–H and O–H groups in total. The fourth-order valence-electron chi connectivity index (χ4n) is 4.16. The number of hydrogen-bond donors (Lipinski definition) is 1. The number of rotatable bonds is 10. The van der Waals surface area contributed by atoms with Crippen molar-refractivity contribution in [2.24, 2.45) is 0 Å². The number of nitrogens with zero attached hydrogens (tertiary/aromatic N) is 2. The Bertz CT molecular complexity index is 1080. The summed E-state index contributed by atoms with van der Waals surface area (Å²) in [4.78, 5) is 29.9. The quantitative estimate of drug-likeness (QED) is 0.196. The van der Waals surface area contributed by atoms with Crippen molar-refractivity contribution in [3.05, 3.63) is 69.2 Å². The number of ketones is 1. The van der Waals surface area contributed by atoms with E-state index in [1.807, 2.05) is 56.3 Å².